The van der Waals surface area contributed by atoms with Crippen molar-refractivity contribution in [3.8, 4) is 11.3 Å². The van der Waals surface area contributed by atoms with Crippen molar-refractivity contribution in [2.24, 2.45) is 0 Å². The lowest BCUT2D eigenvalue weighted by molar-refractivity contribution is -0.117. The van der Waals surface area contributed by atoms with E-state index in [1.54, 1.807) is 0 Å². The average Bonchev–Trinajstić information content (AvgIpc) is 3.06. The van der Waals surface area contributed by atoms with Gasteiger partial charge in [-0.15, -0.1) is 0 Å². The number of oxazole rings is 1. The number of nitrogens with zero attached hydrogens (tertiary/aromatic N) is 3. The van der Waals surface area contributed by atoms with E-state index in [1.165, 1.54) is 0 Å². The predicted octanol–water partition coefficient (Wildman–Crippen LogP) is 4.75. The molecule has 174 valence electrons. The minimum atomic E-state index is 0.0402. The zero-order valence-corrected chi connectivity index (χ0v) is 19.7. The van der Waals surface area contributed by atoms with E-state index < -0.39 is 0 Å². The van der Waals surface area contributed by atoms with Crippen molar-refractivity contribution in [2.45, 2.75) is 39.7 Å². The van der Waals surface area contributed by atoms with Crippen LogP contribution < -0.4 is 5.32 Å². The number of anilines is 1. The summed E-state index contributed by atoms with van der Waals surface area (Å²) in [7, 11) is 0. The quantitative estimate of drug-likeness (QED) is 0.541. The normalized spacial score (nSPS) is 15.3. The molecule has 3 aromatic rings. The molecule has 4 rings (SSSR count). The Kier molecular flexibility index (Phi) is 7.92. The smallest absolute Gasteiger partial charge is 0.238 e. The van der Waals surface area contributed by atoms with Gasteiger partial charge in [-0.25, -0.2) is 4.98 Å². The highest BCUT2D eigenvalue weighted by atomic mass is 16.4. The first-order valence-corrected chi connectivity index (χ1v) is 12.0. The van der Waals surface area contributed by atoms with Crippen LogP contribution in [0.3, 0.4) is 0 Å². The van der Waals surface area contributed by atoms with E-state index in [1.807, 2.05) is 49.4 Å². The van der Waals surface area contributed by atoms with E-state index in [-0.39, 0.29) is 5.91 Å². The SMILES string of the molecule is CCCc1oc(CN2CCCN(CC(=O)Nc3cccc(C)c3)CC2)nc1-c1ccccc1. The standard InChI is InChI=1S/C27H34N4O2/c1-3-9-24-27(22-11-5-4-6-12-22)29-26(33-24)20-31-15-8-14-30(16-17-31)19-25(32)28-23-13-7-10-21(2)18-23/h4-7,10-13,18H,3,8-9,14-17,19-20H2,1-2H3,(H,28,32). The van der Waals surface area contributed by atoms with E-state index in [2.05, 4.69) is 34.2 Å². The largest absolute Gasteiger partial charge is 0.444 e. The van der Waals surface area contributed by atoms with Crippen LogP contribution in [0.1, 0.15) is 37.0 Å². The number of hydrogen-bond donors (Lipinski definition) is 1. The highest BCUT2D eigenvalue weighted by molar-refractivity contribution is 5.92. The van der Waals surface area contributed by atoms with Crippen LogP contribution in [0.4, 0.5) is 5.69 Å². The summed E-state index contributed by atoms with van der Waals surface area (Å²) in [6, 6.07) is 18.2. The Morgan fingerprint density at radius 3 is 2.61 bits per heavy atom. The zero-order chi connectivity index (χ0) is 23.0. The molecule has 0 atom stereocenters. The lowest BCUT2D eigenvalue weighted by atomic mass is 10.1. The molecule has 2 aromatic carbocycles. The summed E-state index contributed by atoms with van der Waals surface area (Å²) < 4.78 is 6.19. The molecule has 6 heteroatoms. The number of carbonyl (C=O) groups is 1. The molecule has 0 bridgehead atoms. The number of amides is 1. The summed E-state index contributed by atoms with van der Waals surface area (Å²) >= 11 is 0. The molecule has 1 aromatic heterocycles. The Morgan fingerprint density at radius 1 is 1.03 bits per heavy atom. The number of aryl methyl sites for hydroxylation is 2. The van der Waals surface area contributed by atoms with Gasteiger partial charge in [0.15, 0.2) is 0 Å². The third-order valence-electron chi connectivity index (χ3n) is 5.97. The third kappa shape index (κ3) is 6.53. The molecule has 0 saturated carbocycles. The fraction of sp³-hybridized carbons (Fsp3) is 0.407. The van der Waals surface area contributed by atoms with Crippen LogP contribution in [0, 0.1) is 6.92 Å². The minimum Gasteiger partial charge on any atom is -0.444 e. The van der Waals surface area contributed by atoms with Crippen molar-refractivity contribution in [3.63, 3.8) is 0 Å². The fourth-order valence-electron chi connectivity index (χ4n) is 4.34. The molecule has 1 N–H and O–H groups in total. The zero-order valence-electron chi connectivity index (χ0n) is 19.7. The number of rotatable bonds is 8. The highest BCUT2D eigenvalue weighted by Gasteiger charge is 2.20. The van der Waals surface area contributed by atoms with Crippen LogP contribution in [0.2, 0.25) is 0 Å². The van der Waals surface area contributed by atoms with Gasteiger partial charge in [0.25, 0.3) is 0 Å². The molecule has 1 saturated heterocycles. The molecule has 1 amide bonds. The monoisotopic (exact) mass is 446 g/mol. The molecule has 1 aliphatic rings. The molecule has 0 spiro atoms. The molecule has 1 aliphatic heterocycles. The Bertz CT molecular complexity index is 1050. The highest BCUT2D eigenvalue weighted by Crippen LogP contribution is 2.26. The molecule has 6 nitrogen and oxygen atoms in total. The van der Waals surface area contributed by atoms with Crippen LogP contribution in [-0.4, -0.2) is 53.4 Å². The maximum atomic E-state index is 12.5. The predicted molar refractivity (Wildman–Crippen MR) is 132 cm³/mol. The Hall–Kier alpha value is -2.96. The van der Waals surface area contributed by atoms with Crippen molar-refractivity contribution in [3.05, 3.63) is 71.8 Å². The second-order valence-corrected chi connectivity index (χ2v) is 8.82. The topological polar surface area (TPSA) is 61.6 Å². The second kappa shape index (κ2) is 11.3. The first-order chi connectivity index (χ1) is 16.1. The average molecular weight is 447 g/mol. The molecule has 0 aliphatic carbocycles. The maximum Gasteiger partial charge on any atom is 0.238 e. The molecule has 0 radical (unpaired) electrons. The summed E-state index contributed by atoms with van der Waals surface area (Å²) in [4.78, 5) is 22.0. The summed E-state index contributed by atoms with van der Waals surface area (Å²) in [5.41, 5.74) is 4.08. The van der Waals surface area contributed by atoms with Crippen molar-refractivity contribution >= 4 is 11.6 Å². The van der Waals surface area contributed by atoms with Gasteiger partial charge in [0.1, 0.15) is 11.5 Å². The summed E-state index contributed by atoms with van der Waals surface area (Å²) in [6.07, 6.45) is 2.94. The van der Waals surface area contributed by atoms with Gasteiger partial charge in [0, 0.05) is 30.8 Å². The van der Waals surface area contributed by atoms with E-state index in [0.717, 1.165) is 79.6 Å². The van der Waals surface area contributed by atoms with Crippen molar-refractivity contribution in [1.82, 2.24) is 14.8 Å². The number of benzene rings is 2. The first-order valence-electron chi connectivity index (χ1n) is 12.0. The van der Waals surface area contributed by atoms with E-state index in [0.29, 0.717) is 13.1 Å². The van der Waals surface area contributed by atoms with Crippen LogP contribution in [0.25, 0.3) is 11.3 Å². The van der Waals surface area contributed by atoms with Gasteiger partial charge in [-0.05, 0) is 50.6 Å². The number of hydrogen-bond acceptors (Lipinski definition) is 5. The number of nitrogens with one attached hydrogen (secondary N) is 1. The van der Waals surface area contributed by atoms with Gasteiger partial charge < -0.3 is 9.73 Å². The van der Waals surface area contributed by atoms with Gasteiger partial charge in [-0.3, -0.25) is 14.6 Å². The minimum absolute atomic E-state index is 0.0402. The van der Waals surface area contributed by atoms with Gasteiger partial charge >= 0.3 is 0 Å². The lowest BCUT2D eigenvalue weighted by Crippen LogP contribution is -2.36. The van der Waals surface area contributed by atoms with E-state index in [4.69, 9.17) is 9.40 Å². The summed E-state index contributed by atoms with van der Waals surface area (Å²) in [6.45, 7) is 8.95. The van der Waals surface area contributed by atoms with Crippen LogP contribution in [0.15, 0.2) is 59.0 Å². The van der Waals surface area contributed by atoms with Crippen LogP contribution >= 0.6 is 0 Å². The fourth-order valence-corrected chi connectivity index (χ4v) is 4.34. The third-order valence-corrected chi connectivity index (χ3v) is 5.97. The second-order valence-electron chi connectivity index (χ2n) is 8.82. The summed E-state index contributed by atoms with van der Waals surface area (Å²) in [5, 5.41) is 3.02. The molecule has 1 fully saturated rings. The Balaban J connectivity index is 1.33. The van der Waals surface area contributed by atoms with Crippen molar-refractivity contribution in [2.75, 3.05) is 38.0 Å². The summed E-state index contributed by atoms with van der Waals surface area (Å²) in [5.74, 6) is 1.80. The van der Waals surface area contributed by atoms with Gasteiger partial charge in [0.05, 0.1) is 13.1 Å². The Morgan fingerprint density at radius 2 is 1.82 bits per heavy atom. The maximum absolute atomic E-state index is 12.5. The lowest BCUT2D eigenvalue weighted by Gasteiger charge is -2.20. The molecule has 33 heavy (non-hydrogen) atoms. The number of carbonyl (C=O) groups excluding carboxylic acids is 1. The van der Waals surface area contributed by atoms with Crippen molar-refractivity contribution in [1.29, 1.82) is 0 Å². The first kappa shape index (κ1) is 23.2. The number of aromatic nitrogens is 1. The van der Waals surface area contributed by atoms with Gasteiger partial charge in [-0.2, -0.15) is 0 Å². The van der Waals surface area contributed by atoms with E-state index >= 15 is 0 Å². The van der Waals surface area contributed by atoms with Gasteiger partial charge in [0.2, 0.25) is 11.8 Å². The van der Waals surface area contributed by atoms with E-state index in [9.17, 15) is 4.79 Å². The molecular weight excluding hydrogens is 412 g/mol. The van der Waals surface area contributed by atoms with Crippen molar-refractivity contribution < 1.29 is 9.21 Å². The molecular formula is C27H34N4O2. The molecule has 2 heterocycles. The van der Waals surface area contributed by atoms with Crippen LogP contribution in [-0.2, 0) is 17.8 Å². The van der Waals surface area contributed by atoms with Crippen LogP contribution in [0.5, 0.6) is 0 Å². The van der Waals surface area contributed by atoms with Gasteiger partial charge in [-0.1, -0.05) is 49.4 Å². The Labute approximate surface area is 196 Å². The molecule has 0 unspecified atom stereocenters.